The van der Waals surface area contributed by atoms with Gasteiger partial charge in [-0.05, 0) is 62.9 Å². The van der Waals surface area contributed by atoms with E-state index in [0.29, 0.717) is 11.7 Å². The first-order valence-electron chi connectivity index (χ1n) is 18.3. The normalized spacial score (nSPS) is 12.7. The topological polar surface area (TPSA) is 51.8 Å². The fourth-order valence-corrected chi connectivity index (χ4v) is 7.59. The van der Waals surface area contributed by atoms with Gasteiger partial charge in [-0.2, -0.15) is 0 Å². The van der Waals surface area contributed by atoms with E-state index >= 15 is 0 Å². The van der Waals surface area contributed by atoms with Crippen LogP contribution in [0.1, 0.15) is 12.3 Å². The first kappa shape index (κ1) is 31.6. The molecule has 10 rings (SSSR count). The highest BCUT2D eigenvalue weighted by Gasteiger charge is 2.23. The SMILES string of the molecule is C1=CCC=CC(c2nc3cc4ccccc4c(-c4ccc5ccccc5c4-c4ccccc4-c4cc(-c5ccccc5)nc(-c5ccccc5)n4)c3o2)=C1. The van der Waals surface area contributed by atoms with Crippen molar-refractivity contribution < 1.29 is 4.42 Å². The molecular weight excluding hydrogens is 659 g/mol. The standard InChI is InChI=1S/C50H33N3O/c1-2-6-23-36(22-5-1)50-53-45-31-37-24-12-14-26-39(37)47(48(45)54-50)42-30-29-33-17-11-13-25-38(33)46(42)41-28-16-15-27-40(41)44-32-43(34-18-7-3-8-19-34)51-49(52-44)35-20-9-4-10-21-35/h1,3-32H,2H2. The quantitative estimate of drug-likeness (QED) is 0.174. The van der Waals surface area contributed by atoms with Crippen molar-refractivity contribution in [1.29, 1.82) is 0 Å². The van der Waals surface area contributed by atoms with Crippen LogP contribution >= 0.6 is 0 Å². The Labute approximate surface area is 313 Å². The molecule has 7 aromatic carbocycles. The second-order valence-electron chi connectivity index (χ2n) is 13.5. The summed E-state index contributed by atoms with van der Waals surface area (Å²) in [7, 11) is 0. The van der Waals surface area contributed by atoms with Crippen molar-refractivity contribution in [3.05, 3.63) is 194 Å². The summed E-state index contributed by atoms with van der Waals surface area (Å²) in [5.41, 5.74) is 11.5. The lowest BCUT2D eigenvalue weighted by atomic mass is 9.85. The molecule has 0 N–H and O–H groups in total. The van der Waals surface area contributed by atoms with Gasteiger partial charge in [-0.25, -0.2) is 15.0 Å². The molecule has 0 unspecified atom stereocenters. The van der Waals surface area contributed by atoms with Gasteiger partial charge in [0.25, 0.3) is 0 Å². The van der Waals surface area contributed by atoms with Gasteiger partial charge in [-0.1, -0.05) is 170 Å². The largest absolute Gasteiger partial charge is 0.435 e. The van der Waals surface area contributed by atoms with E-state index in [2.05, 4.69) is 164 Å². The first-order valence-corrected chi connectivity index (χ1v) is 18.3. The Morgan fingerprint density at radius 1 is 0.481 bits per heavy atom. The van der Waals surface area contributed by atoms with Crippen molar-refractivity contribution in [2.75, 3.05) is 0 Å². The van der Waals surface area contributed by atoms with Crippen LogP contribution < -0.4 is 0 Å². The smallest absolute Gasteiger partial charge is 0.227 e. The van der Waals surface area contributed by atoms with Crippen LogP contribution in [0.2, 0.25) is 0 Å². The Hall–Kier alpha value is -7.17. The van der Waals surface area contributed by atoms with E-state index in [1.165, 1.54) is 0 Å². The summed E-state index contributed by atoms with van der Waals surface area (Å²) >= 11 is 0. The first-order chi connectivity index (χ1) is 26.8. The third-order valence-corrected chi connectivity index (χ3v) is 10.1. The second-order valence-corrected chi connectivity index (χ2v) is 13.5. The van der Waals surface area contributed by atoms with Crippen molar-refractivity contribution >= 4 is 38.2 Å². The Morgan fingerprint density at radius 3 is 1.96 bits per heavy atom. The van der Waals surface area contributed by atoms with Crippen LogP contribution in [-0.2, 0) is 0 Å². The molecule has 0 saturated carbocycles. The number of aromatic nitrogens is 3. The van der Waals surface area contributed by atoms with Gasteiger partial charge in [0.1, 0.15) is 5.52 Å². The maximum absolute atomic E-state index is 6.82. The van der Waals surface area contributed by atoms with Crippen molar-refractivity contribution in [2.45, 2.75) is 6.42 Å². The van der Waals surface area contributed by atoms with Crippen LogP contribution in [0.25, 0.3) is 94.4 Å². The highest BCUT2D eigenvalue weighted by atomic mass is 16.3. The van der Waals surface area contributed by atoms with Gasteiger partial charge in [0, 0.05) is 27.8 Å². The summed E-state index contributed by atoms with van der Waals surface area (Å²) in [5.74, 6) is 1.29. The van der Waals surface area contributed by atoms with Gasteiger partial charge in [0.2, 0.25) is 5.89 Å². The van der Waals surface area contributed by atoms with Crippen molar-refractivity contribution in [3.8, 4) is 56.2 Å². The Bertz CT molecular complexity index is 2900. The highest BCUT2D eigenvalue weighted by Crippen LogP contribution is 2.47. The number of allylic oxidation sites excluding steroid dienone is 6. The van der Waals surface area contributed by atoms with Crippen LogP contribution in [0.5, 0.6) is 0 Å². The molecule has 0 radical (unpaired) electrons. The number of benzene rings is 7. The van der Waals surface area contributed by atoms with Crippen LogP contribution in [0.4, 0.5) is 0 Å². The minimum atomic E-state index is 0.606. The molecule has 1 aliphatic rings. The fraction of sp³-hybridized carbons (Fsp3) is 0.0200. The third kappa shape index (κ3) is 5.62. The van der Waals surface area contributed by atoms with Crippen LogP contribution in [0.15, 0.2) is 193 Å². The number of hydrogen-bond donors (Lipinski definition) is 0. The number of nitrogens with zero attached hydrogens (tertiary/aromatic N) is 3. The molecule has 0 saturated heterocycles. The van der Waals surface area contributed by atoms with Gasteiger partial charge >= 0.3 is 0 Å². The summed E-state index contributed by atoms with van der Waals surface area (Å²) in [5, 5.41) is 4.50. The van der Waals surface area contributed by atoms with Crippen molar-refractivity contribution in [1.82, 2.24) is 15.0 Å². The molecule has 9 aromatic rings. The molecule has 54 heavy (non-hydrogen) atoms. The number of rotatable bonds is 6. The lowest BCUT2D eigenvalue weighted by Crippen LogP contribution is -1.98. The molecule has 0 spiro atoms. The maximum Gasteiger partial charge on any atom is 0.227 e. The summed E-state index contributed by atoms with van der Waals surface area (Å²) in [6, 6.07) is 55.0. The Kier molecular flexibility index (Phi) is 7.85. The number of hydrogen-bond acceptors (Lipinski definition) is 4. The van der Waals surface area contributed by atoms with Gasteiger partial charge in [0.05, 0.1) is 11.4 Å². The minimum Gasteiger partial charge on any atom is -0.435 e. The summed E-state index contributed by atoms with van der Waals surface area (Å²) in [4.78, 5) is 15.4. The number of oxazole rings is 1. The summed E-state index contributed by atoms with van der Waals surface area (Å²) in [6.45, 7) is 0. The van der Waals surface area contributed by atoms with E-state index in [0.717, 1.165) is 95.0 Å². The summed E-state index contributed by atoms with van der Waals surface area (Å²) < 4.78 is 6.82. The molecule has 4 nitrogen and oxygen atoms in total. The van der Waals surface area contributed by atoms with E-state index in [1.807, 2.05) is 24.3 Å². The molecular formula is C50H33N3O. The van der Waals surface area contributed by atoms with Crippen molar-refractivity contribution in [2.24, 2.45) is 0 Å². The van der Waals surface area contributed by atoms with E-state index < -0.39 is 0 Å². The fourth-order valence-electron chi connectivity index (χ4n) is 7.59. The van der Waals surface area contributed by atoms with E-state index in [9.17, 15) is 0 Å². The van der Waals surface area contributed by atoms with E-state index in [1.54, 1.807) is 0 Å². The maximum atomic E-state index is 6.82. The van der Waals surface area contributed by atoms with Crippen LogP contribution in [0, 0.1) is 0 Å². The van der Waals surface area contributed by atoms with Gasteiger partial charge in [-0.15, -0.1) is 0 Å². The van der Waals surface area contributed by atoms with E-state index in [4.69, 9.17) is 19.4 Å². The van der Waals surface area contributed by atoms with Crippen molar-refractivity contribution in [3.63, 3.8) is 0 Å². The average molecular weight is 692 g/mol. The minimum absolute atomic E-state index is 0.606. The zero-order valence-corrected chi connectivity index (χ0v) is 29.4. The summed E-state index contributed by atoms with van der Waals surface area (Å²) in [6.07, 6.45) is 11.4. The second kappa shape index (κ2) is 13.4. The van der Waals surface area contributed by atoms with Gasteiger partial charge in [0.15, 0.2) is 11.4 Å². The molecule has 0 atom stereocenters. The highest BCUT2D eigenvalue weighted by molar-refractivity contribution is 6.16. The van der Waals surface area contributed by atoms with E-state index in [-0.39, 0.29) is 0 Å². The molecule has 2 aromatic heterocycles. The third-order valence-electron chi connectivity index (χ3n) is 10.1. The Balaban J connectivity index is 1.27. The molecule has 0 amide bonds. The Morgan fingerprint density at radius 2 is 1.15 bits per heavy atom. The predicted molar refractivity (Wildman–Crippen MR) is 223 cm³/mol. The predicted octanol–water partition coefficient (Wildman–Crippen LogP) is 13.2. The molecule has 254 valence electrons. The molecule has 1 aliphatic carbocycles. The van der Waals surface area contributed by atoms with Gasteiger partial charge < -0.3 is 4.42 Å². The monoisotopic (exact) mass is 691 g/mol. The molecule has 0 fully saturated rings. The molecule has 0 aliphatic heterocycles. The lowest BCUT2D eigenvalue weighted by Gasteiger charge is -2.19. The number of fused-ring (bicyclic) bond motifs is 3. The zero-order valence-electron chi connectivity index (χ0n) is 29.4. The molecule has 2 heterocycles. The molecule has 0 bridgehead atoms. The molecule has 4 heteroatoms. The zero-order chi connectivity index (χ0) is 35.8. The average Bonchev–Trinajstić information content (AvgIpc) is 3.47. The van der Waals surface area contributed by atoms with Crippen LogP contribution in [0.3, 0.4) is 0 Å². The van der Waals surface area contributed by atoms with Gasteiger partial charge in [-0.3, -0.25) is 0 Å². The lowest BCUT2D eigenvalue weighted by molar-refractivity contribution is 0.587. The van der Waals surface area contributed by atoms with Crippen LogP contribution in [-0.4, -0.2) is 15.0 Å².